The van der Waals surface area contributed by atoms with Crippen LogP contribution in [-0.4, -0.2) is 5.78 Å². The predicted molar refractivity (Wildman–Crippen MR) is 20.6 cm³/mol. The van der Waals surface area contributed by atoms with Crippen molar-refractivity contribution in [3.05, 3.63) is 6.42 Å². The van der Waals surface area contributed by atoms with Gasteiger partial charge in [-0.15, -0.1) is 0 Å². The summed E-state index contributed by atoms with van der Waals surface area (Å²) in [6.07, 6.45) is 0.958. The standard InChI is InChI=1S/C4H4NO.Y/c1-4(6)2-3-5;/h2H,1H3;/q-1;. The summed E-state index contributed by atoms with van der Waals surface area (Å²) in [6, 6.07) is 1.59. The fourth-order valence-corrected chi connectivity index (χ4v) is 0.0909. The van der Waals surface area contributed by atoms with Gasteiger partial charge in [0.05, 0.1) is 0 Å². The van der Waals surface area contributed by atoms with Crippen LogP contribution in [0, 0.1) is 17.8 Å². The number of ketones is 1. The first-order chi connectivity index (χ1) is 2.77. The van der Waals surface area contributed by atoms with Crippen molar-refractivity contribution in [1.29, 1.82) is 5.26 Å². The van der Waals surface area contributed by atoms with Crippen LogP contribution in [0.3, 0.4) is 0 Å². The Labute approximate surface area is 67.8 Å². The fraction of sp³-hybridized carbons (Fsp3) is 0.250. The van der Waals surface area contributed by atoms with Crippen molar-refractivity contribution in [3.8, 4) is 6.07 Å². The van der Waals surface area contributed by atoms with Crippen LogP contribution in [0.25, 0.3) is 0 Å². The Morgan fingerprint density at radius 3 is 2.29 bits per heavy atom. The third-order valence-electron chi connectivity index (χ3n) is 0.268. The number of rotatable bonds is 1. The first-order valence-electron chi connectivity index (χ1n) is 1.51. The van der Waals surface area contributed by atoms with E-state index in [2.05, 4.69) is 0 Å². The second-order valence-electron chi connectivity index (χ2n) is 0.884. The van der Waals surface area contributed by atoms with E-state index in [9.17, 15) is 4.79 Å². The Morgan fingerprint density at radius 1 is 1.86 bits per heavy atom. The van der Waals surface area contributed by atoms with E-state index in [-0.39, 0.29) is 38.5 Å². The van der Waals surface area contributed by atoms with Crippen LogP contribution in [0.5, 0.6) is 0 Å². The molecule has 0 N–H and O–H groups in total. The van der Waals surface area contributed by atoms with Gasteiger partial charge in [0.15, 0.2) is 0 Å². The number of nitriles is 1. The number of hydrogen-bond donors (Lipinski definition) is 0. The SMILES string of the molecule is CC(=O)[CH-]C#N.[Y]. The van der Waals surface area contributed by atoms with Crippen LogP contribution < -0.4 is 0 Å². The first-order valence-corrected chi connectivity index (χ1v) is 1.51. The van der Waals surface area contributed by atoms with Crippen molar-refractivity contribution in [3.63, 3.8) is 0 Å². The van der Waals surface area contributed by atoms with Gasteiger partial charge in [0.25, 0.3) is 0 Å². The number of hydrogen-bond acceptors (Lipinski definition) is 2. The molecule has 0 atom stereocenters. The van der Waals surface area contributed by atoms with Crippen molar-refractivity contribution < 1.29 is 37.5 Å². The molecular weight excluding hydrogens is 167 g/mol. The zero-order valence-electron chi connectivity index (χ0n) is 4.01. The van der Waals surface area contributed by atoms with Gasteiger partial charge in [0, 0.05) is 38.5 Å². The molecule has 3 heteroatoms. The van der Waals surface area contributed by atoms with Crippen LogP contribution in [0.4, 0.5) is 0 Å². The molecule has 35 valence electrons. The molecule has 0 rings (SSSR count). The van der Waals surface area contributed by atoms with Gasteiger partial charge in [-0.2, -0.15) is 0 Å². The Hall–Kier alpha value is 0.134. The van der Waals surface area contributed by atoms with Crippen molar-refractivity contribution in [2.24, 2.45) is 0 Å². The maximum absolute atomic E-state index is 9.77. The summed E-state index contributed by atoms with van der Waals surface area (Å²) in [7, 11) is 0. The fourth-order valence-electron chi connectivity index (χ4n) is 0.0909. The summed E-state index contributed by atoms with van der Waals surface area (Å²) in [4.78, 5) is 9.77. The summed E-state index contributed by atoms with van der Waals surface area (Å²) in [5.41, 5.74) is 0. The number of nitrogens with zero attached hydrogens (tertiary/aromatic N) is 1. The Balaban J connectivity index is 0. The minimum Gasteiger partial charge on any atom is -0.334 e. The average molecular weight is 171 g/mol. The molecule has 0 heterocycles. The van der Waals surface area contributed by atoms with Gasteiger partial charge >= 0.3 is 0 Å². The van der Waals surface area contributed by atoms with Crippen molar-refractivity contribution >= 4 is 5.78 Å². The molecular formula is C4H4NOY-. The molecule has 0 spiro atoms. The molecule has 0 aromatic heterocycles. The smallest absolute Gasteiger partial charge is 0.00847 e. The van der Waals surface area contributed by atoms with E-state index in [0.717, 1.165) is 6.42 Å². The van der Waals surface area contributed by atoms with Gasteiger partial charge in [0.2, 0.25) is 0 Å². The van der Waals surface area contributed by atoms with E-state index in [0.29, 0.717) is 0 Å². The summed E-state index contributed by atoms with van der Waals surface area (Å²) >= 11 is 0. The monoisotopic (exact) mass is 171 g/mol. The minimum atomic E-state index is -0.197. The van der Waals surface area contributed by atoms with E-state index in [1.165, 1.54) is 6.92 Å². The van der Waals surface area contributed by atoms with Crippen molar-refractivity contribution in [2.45, 2.75) is 6.92 Å². The Morgan fingerprint density at radius 2 is 2.29 bits per heavy atom. The van der Waals surface area contributed by atoms with Gasteiger partial charge in [-0.25, -0.2) is 11.7 Å². The molecule has 0 aromatic carbocycles. The summed E-state index contributed by atoms with van der Waals surface area (Å²) in [5, 5.41) is 7.71. The maximum atomic E-state index is 9.77. The van der Waals surface area contributed by atoms with E-state index < -0.39 is 0 Å². The predicted octanol–water partition coefficient (Wildman–Crippen LogP) is 0.301. The Kier molecular flexibility index (Phi) is 8.92. The second-order valence-corrected chi connectivity index (χ2v) is 0.884. The molecule has 0 saturated heterocycles. The normalized spacial score (nSPS) is 5.14. The van der Waals surface area contributed by atoms with E-state index in [1.54, 1.807) is 6.07 Å². The third kappa shape index (κ3) is 10.7. The molecule has 0 saturated carbocycles. The molecule has 0 fully saturated rings. The second kappa shape index (κ2) is 6.13. The average Bonchev–Trinajstić information content (AvgIpc) is 1.35. The minimum absolute atomic E-state index is 0. The summed E-state index contributed by atoms with van der Waals surface area (Å²) < 4.78 is 0. The molecule has 0 amide bonds. The van der Waals surface area contributed by atoms with Gasteiger partial charge in [-0.1, -0.05) is 6.07 Å². The molecule has 0 unspecified atom stereocenters. The van der Waals surface area contributed by atoms with Crippen LogP contribution in [-0.2, 0) is 37.5 Å². The summed E-state index contributed by atoms with van der Waals surface area (Å²) in [5.74, 6) is -0.197. The quantitative estimate of drug-likeness (QED) is 0.532. The maximum Gasteiger partial charge on any atom is 0.00847 e. The molecule has 0 aliphatic carbocycles. The third-order valence-corrected chi connectivity index (χ3v) is 0.268. The molecule has 1 radical (unpaired) electrons. The molecule has 0 aromatic rings. The largest absolute Gasteiger partial charge is 0.334 e. The van der Waals surface area contributed by atoms with Gasteiger partial charge in [0.1, 0.15) is 0 Å². The Bertz CT molecular complexity index is 94.4. The molecule has 0 aliphatic rings. The van der Waals surface area contributed by atoms with E-state index >= 15 is 0 Å². The van der Waals surface area contributed by atoms with Crippen molar-refractivity contribution in [1.82, 2.24) is 0 Å². The number of carbonyl (C=O) groups excluding carboxylic acids is 1. The number of carbonyl (C=O) groups is 1. The van der Waals surface area contributed by atoms with E-state index in [1.807, 2.05) is 0 Å². The van der Waals surface area contributed by atoms with Crippen LogP contribution in [0.2, 0.25) is 0 Å². The van der Waals surface area contributed by atoms with Gasteiger partial charge in [-0.3, -0.25) is 0 Å². The molecule has 0 bridgehead atoms. The van der Waals surface area contributed by atoms with Gasteiger partial charge in [-0.05, 0) is 6.92 Å². The van der Waals surface area contributed by atoms with Crippen LogP contribution >= 0.6 is 0 Å². The zero-order chi connectivity index (χ0) is 4.99. The van der Waals surface area contributed by atoms with E-state index in [4.69, 9.17) is 5.26 Å². The van der Waals surface area contributed by atoms with Gasteiger partial charge < -0.3 is 4.79 Å². The molecule has 0 aliphatic heterocycles. The zero-order valence-corrected chi connectivity index (χ0v) is 6.85. The first kappa shape index (κ1) is 10.2. The topological polar surface area (TPSA) is 40.9 Å². The number of Topliss-reactive ketones (excluding diaryl/α,β-unsaturated/α-hetero) is 1. The molecule has 2 nitrogen and oxygen atoms in total. The summed E-state index contributed by atoms with van der Waals surface area (Å²) in [6.45, 7) is 1.34. The van der Waals surface area contributed by atoms with Crippen LogP contribution in [0.15, 0.2) is 0 Å². The van der Waals surface area contributed by atoms with Crippen LogP contribution in [0.1, 0.15) is 6.92 Å². The van der Waals surface area contributed by atoms with Crippen molar-refractivity contribution in [2.75, 3.05) is 0 Å². The molecule has 7 heavy (non-hydrogen) atoms.